The number of rotatable bonds is 8. The van der Waals surface area contributed by atoms with Crippen molar-refractivity contribution in [1.29, 1.82) is 0 Å². The minimum atomic E-state index is -7.94. The summed E-state index contributed by atoms with van der Waals surface area (Å²) in [6.07, 6.45) is -11.6. The van der Waals surface area contributed by atoms with Crippen molar-refractivity contribution in [3.8, 4) is 0 Å². The number of hydrogen-bond donors (Lipinski definition) is 0. The third-order valence-corrected chi connectivity index (χ3v) is 3.76. The predicted octanol–water partition coefficient (Wildman–Crippen LogP) is 6.39. The van der Waals surface area contributed by atoms with Crippen LogP contribution in [0.3, 0.4) is 0 Å². The Morgan fingerprint density at radius 3 is 1.45 bits per heavy atom. The topological polar surface area (TPSA) is 17.1 Å². The van der Waals surface area contributed by atoms with Crippen LogP contribution < -0.4 is 0 Å². The first kappa shape index (κ1) is 25.0. The Kier molecular flexibility index (Phi) is 6.34. The van der Waals surface area contributed by atoms with Gasteiger partial charge in [-0.15, -0.1) is 0 Å². The van der Waals surface area contributed by atoms with Crippen molar-refractivity contribution in [3.63, 3.8) is 0 Å². The molecule has 0 aliphatic heterocycles. The van der Waals surface area contributed by atoms with Gasteiger partial charge < -0.3 is 0 Å². The van der Waals surface area contributed by atoms with Gasteiger partial charge in [0, 0.05) is 18.4 Å². The first-order valence-electron chi connectivity index (χ1n) is 7.28. The lowest BCUT2D eigenvalue weighted by atomic mass is 9.91. The molecule has 0 saturated carbocycles. The summed E-state index contributed by atoms with van der Waals surface area (Å²) in [7, 11) is 0. The van der Waals surface area contributed by atoms with Gasteiger partial charge in [-0.2, -0.15) is 57.1 Å². The highest BCUT2D eigenvalue weighted by Crippen LogP contribution is 2.60. The molecule has 0 atom stereocenters. The van der Waals surface area contributed by atoms with E-state index in [1.54, 1.807) is 0 Å². The molecule has 1 aromatic rings. The van der Waals surface area contributed by atoms with Crippen molar-refractivity contribution in [2.75, 3.05) is 0 Å². The molecular formula is C15H9F13O. The molecule has 0 aliphatic rings. The summed E-state index contributed by atoms with van der Waals surface area (Å²) < 4.78 is 168. The Morgan fingerprint density at radius 2 is 1.03 bits per heavy atom. The van der Waals surface area contributed by atoms with Crippen LogP contribution in [0.15, 0.2) is 30.3 Å². The van der Waals surface area contributed by atoms with Crippen LogP contribution in [0.25, 0.3) is 0 Å². The van der Waals surface area contributed by atoms with Crippen molar-refractivity contribution in [1.82, 2.24) is 0 Å². The van der Waals surface area contributed by atoms with Gasteiger partial charge >= 0.3 is 35.8 Å². The summed E-state index contributed by atoms with van der Waals surface area (Å²) in [6.45, 7) is 0. The number of halogens is 13. The van der Waals surface area contributed by atoms with E-state index >= 15 is 0 Å². The summed E-state index contributed by atoms with van der Waals surface area (Å²) in [6, 6.07) is 5.77. The average Bonchev–Trinajstić information content (AvgIpc) is 2.58. The lowest BCUT2D eigenvalue weighted by Gasteiger charge is -2.39. The molecule has 14 heteroatoms. The maximum atomic E-state index is 13.5. The number of alkyl halides is 13. The second kappa shape index (κ2) is 7.35. The van der Waals surface area contributed by atoms with Gasteiger partial charge in [0.1, 0.15) is 0 Å². The molecule has 0 unspecified atom stereocenters. The van der Waals surface area contributed by atoms with Crippen molar-refractivity contribution >= 4 is 5.78 Å². The molecule has 0 amide bonds. The second-order valence-corrected chi connectivity index (χ2v) is 5.79. The molecule has 0 heterocycles. The molecule has 1 nitrogen and oxygen atoms in total. The van der Waals surface area contributed by atoms with Crippen LogP contribution >= 0.6 is 0 Å². The van der Waals surface area contributed by atoms with Crippen LogP contribution in [0.5, 0.6) is 0 Å². The molecule has 0 aliphatic carbocycles. The van der Waals surface area contributed by atoms with Gasteiger partial charge in [0.25, 0.3) is 0 Å². The van der Waals surface area contributed by atoms with Gasteiger partial charge in [-0.05, 0) is 0 Å². The number of Topliss-reactive ketones (excluding diaryl/α,β-unsaturated/α-hetero) is 1. The van der Waals surface area contributed by atoms with Crippen LogP contribution in [0, 0.1) is 0 Å². The molecule has 0 aromatic heterocycles. The van der Waals surface area contributed by atoms with Gasteiger partial charge in [0.05, 0.1) is 0 Å². The first-order valence-corrected chi connectivity index (χ1v) is 7.28. The SMILES string of the molecule is O=C(CCC(F)(F)C(F)(F)C(F)(F)C(F)(F)C(F)(F)C(F)(F)F)c1ccccc1. The number of benzene rings is 1. The molecule has 0 saturated heterocycles. The third-order valence-electron chi connectivity index (χ3n) is 3.76. The van der Waals surface area contributed by atoms with Crippen LogP contribution in [0.4, 0.5) is 57.1 Å². The zero-order chi connectivity index (χ0) is 23.1. The van der Waals surface area contributed by atoms with Gasteiger partial charge in [0.15, 0.2) is 5.78 Å². The Balaban J connectivity index is 3.20. The van der Waals surface area contributed by atoms with Gasteiger partial charge in [0.2, 0.25) is 0 Å². The molecule has 1 aromatic carbocycles. The fourth-order valence-corrected chi connectivity index (χ4v) is 2.00. The van der Waals surface area contributed by atoms with E-state index in [0.29, 0.717) is 0 Å². The first-order chi connectivity index (χ1) is 12.7. The monoisotopic (exact) mass is 452 g/mol. The molecular weight excluding hydrogens is 443 g/mol. The second-order valence-electron chi connectivity index (χ2n) is 5.79. The van der Waals surface area contributed by atoms with Crippen LogP contribution in [0.2, 0.25) is 0 Å². The van der Waals surface area contributed by atoms with Crippen molar-refractivity contribution in [3.05, 3.63) is 35.9 Å². The van der Waals surface area contributed by atoms with Crippen LogP contribution in [0.1, 0.15) is 23.2 Å². The highest BCUT2D eigenvalue weighted by atomic mass is 19.4. The maximum Gasteiger partial charge on any atom is 0.460 e. The van der Waals surface area contributed by atoms with E-state index in [2.05, 4.69) is 0 Å². The van der Waals surface area contributed by atoms with Crippen LogP contribution in [-0.2, 0) is 0 Å². The smallest absolute Gasteiger partial charge is 0.294 e. The molecule has 1 rings (SSSR count). The Morgan fingerprint density at radius 1 is 0.621 bits per heavy atom. The lowest BCUT2D eigenvalue weighted by Crippen LogP contribution is -2.70. The average molecular weight is 452 g/mol. The van der Waals surface area contributed by atoms with E-state index in [9.17, 15) is 61.9 Å². The van der Waals surface area contributed by atoms with Gasteiger partial charge in [-0.3, -0.25) is 4.79 Å². The lowest BCUT2D eigenvalue weighted by molar-refractivity contribution is -0.440. The third kappa shape index (κ3) is 4.02. The van der Waals surface area contributed by atoms with E-state index in [-0.39, 0.29) is 5.56 Å². The summed E-state index contributed by atoms with van der Waals surface area (Å²) in [5.41, 5.74) is -0.354. The van der Waals surface area contributed by atoms with E-state index in [1.807, 2.05) is 0 Å². The highest BCUT2D eigenvalue weighted by molar-refractivity contribution is 5.96. The van der Waals surface area contributed by atoms with E-state index in [4.69, 9.17) is 0 Å². The van der Waals surface area contributed by atoms with E-state index in [0.717, 1.165) is 12.1 Å². The number of ketones is 1. The standard InChI is InChI=1S/C15H9F13O/c16-10(17,7-6-9(29)8-4-2-1-3-5-8)11(18,19)12(20,21)13(22,23)14(24,25)15(26,27)28/h1-5H,6-7H2. The normalized spacial score (nSPS) is 14.8. The van der Waals surface area contributed by atoms with Gasteiger partial charge in [-0.25, -0.2) is 0 Å². The number of carbonyl (C=O) groups excluding carboxylic acids is 1. The zero-order valence-corrected chi connectivity index (χ0v) is 13.6. The molecule has 166 valence electrons. The molecule has 29 heavy (non-hydrogen) atoms. The maximum absolute atomic E-state index is 13.5. The molecule has 0 N–H and O–H groups in total. The highest BCUT2D eigenvalue weighted by Gasteiger charge is 2.90. The van der Waals surface area contributed by atoms with Crippen molar-refractivity contribution in [2.45, 2.75) is 48.6 Å². The largest absolute Gasteiger partial charge is 0.460 e. The molecule has 0 radical (unpaired) electrons. The fourth-order valence-electron chi connectivity index (χ4n) is 2.00. The summed E-state index contributed by atoms with van der Waals surface area (Å²) >= 11 is 0. The zero-order valence-electron chi connectivity index (χ0n) is 13.6. The van der Waals surface area contributed by atoms with Gasteiger partial charge in [-0.1, -0.05) is 30.3 Å². The Labute approximate surface area is 153 Å². The minimum Gasteiger partial charge on any atom is -0.294 e. The molecule has 0 fully saturated rings. The number of hydrogen-bond acceptors (Lipinski definition) is 1. The van der Waals surface area contributed by atoms with Crippen molar-refractivity contribution in [2.24, 2.45) is 0 Å². The fraction of sp³-hybridized carbons (Fsp3) is 0.533. The van der Waals surface area contributed by atoms with E-state index < -0.39 is 54.4 Å². The predicted molar refractivity (Wildman–Crippen MR) is 70.8 cm³/mol. The van der Waals surface area contributed by atoms with Crippen LogP contribution in [-0.4, -0.2) is 41.6 Å². The summed E-state index contributed by atoms with van der Waals surface area (Å²) in [5, 5.41) is 0. The summed E-state index contributed by atoms with van der Waals surface area (Å²) in [5.74, 6) is -38.5. The molecule has 0 spiro atoms. The molecule has 0 bridgehead atoms. The summed E-state index contributed by atoms with van der Waals surface area (Å²) in [4.78, 5) is 11.6. The quantitative estimate of drug-likeness (QED) is 0.330. The van der Waals surface area contributed by atoms with E-state index in [1.165, 1.54) is 18.2 Å². The minimum absolute atomic E-state index is 0.354. The Bertz CT molecular complexity index is 721. The Hall–Kier alpha value is -2.02. The number of carbonyl (C=O) groups is 1. The van der Waals surface area contributed by atoms with Crippen molar-refractivity contribution < 1.29 is 61.9 Å².